The van der Waals surface area contributed by atoms with Gasteiger partial charge in [-0.15, -0.1) is 0 Å². The molecule has 1 amide bonds. The molecule has 0 aliphatic rings. The minimum absolute atomic E-state index is 0.0320. The first-order valence-corrected chi connectivity index (χ1v) is 11.9. The fourth-order valence-corrected chi connectivity index (χ4v) is 4.65. The van der Waals surface area contributed by atoms with Gasteiger partial charge in [-0.25, -0.2) is 4.98 Å². The number of amides is 1. The maximum absolute atomic E-state index is 12.2. The molecule has 0 aliphatic heterocycles. The number of hydrogen-bond donors (Lipinski definition) is 1. The Hall–Kier alpha value is -2.40. The molecule has 30 heavy (non-hydrogen) atoms. The molecular weight excluding hydrogens is 436 g/mol. The fraction of sp³-hybridized carbons (Fsp3) is 0.227. The minimum Gasteiger partial charge on any atom is -0.355 e. The minimum atomic E-state index is -0.0320. The van der Waals surface area contributed by atoms with Gasteiger partial charge >= 0.3 is 0 Å². The predicted molar refractivity (Wildman–Crippen MR) is 124 cm³/mol. The Morgan fingerprint density at radius 2 is 2.10 bits per heavy atom. The molecule has 154 valence electrons. The third-order valence-corrected chi connectivity index (χ3v) is 6.79. The number of imidazole rings is 1. The lowest BCUT2D eigenvalue weighted by atomic mass is 10.1. The largest absolute Gasteiger partial charge is 0.355 e. The van der Waals surface area contributed by atoms with E-state index in [1.54, 1.807) is 18.0 Å². The van der Waals surface area contributed by atoms with Gasteiger partial charge < -0.3 is 5.32 Å². The molecule has 0 saturated heterocycles. The summed E-state index contributed by atoms with van der Waals surface area (Å²) in [6, 6.07) is 15.5. The Bertz CT molecular complexity index is 1060. The summed E-state index contributed by atoms with van der Waals surface area (Å²) in [5, 5.41) is 13.5. The molecule has 5 nitrogen and oxygen atoms in total. The molecule has 0 atom stereocenters. The molecule has 0 bridgehead atoms. The highest BCUT2D eigenvalue weighted by molar-refractivity contribution is 7.99. The lowest BCUT2D eigenvalue weighted by Crippen LogP contribution is -2.27. The van der Waals surface area contributed by atoms with E-state index in [1.807, 2.05) is 60.2 Å². The van der Waals surface area contributed by atoms with Crippen LogP contribution in [0, 0.1) is 18.3 Å². The van der Waals surface area contributed by atoms with E-state index in [2.05, 4.69) is 16.4 Å². The number of hydrogen-bond acceptors (Lipinski definition) is 5. The van der Waals surface area contributed by atoms with Gasteiger partial charge in [0.1, 0.15) is 0 Å². The van der Waals surface area contributed by atoms with Crippen LogP contribution in [0.1, 0.15) is 16.7 Å². The highest BCUT2D eigenvalue weighted by Crippen LogP contribution is 2.26. The number of aromatic nitrogens is 2. The highest BCUT2D eigenvalue weighted by atomic mass is 35.5. The van der Waals surface area contributed by atoms with Crippen LogP contribution in [-0.4, -0.2) is 33.5 Å². The van der Waals surface area contributed by atoms with Crippen molar-refractivity contribution in [2.75, 3.05) is 18.1 Å². The van der Waals surface area contributed by atoms with Gasteiger partial charge in [0.25, 0.3) is 0 Å². The number of carbonyl (C=O) groups is 1. The standard InChI is InChI=1S/C22H21ClN4OS2/c1-16-19(23)7-4-8-20(16)27-11-9-26-22(27)30-15-21(28)25-10-12-29-14-18-6-3-2-5-17(18)13-24/h2-9,11H,10,12,14-15H2,1H3,(H,25,28). The first-order valence-electron chi connectivity index (χ1n) is 9.34. The SMILES string of the molecule is Cc1c(Cl)cccc1-n1ccnc1SCC(=O)NCCSCc1ccccc1C#N. The Balaban J connectivity index is 1.43. The summed E-state index contributed by atoms with van der Waals surface area (Å²) in [6.45, 7) is 2.55. The van der Waals surface area contributed by atoms with Crippen LogP contribution in [0.3, 0.4) is 0 Å². The summed E-state index contributed by atoms with van der Waals surface area (Å²) < 4.78 is 1.95. The average Bonchev–Trinajstić information content (AvgIpc) is 3.22. The van der Waals surface area contributed by atoms with Crippen molar-refractivity contribution in [1.82, 2.24) is 14.9 Å². The summed E-state index contributed by atoms with van der Waals surface area (Å²) in [5.74, 6) is 1.80. The van der Waals surface area contributed by atoms with E-state index >= 15 is 0 Å². The van der Waals surface area contributed by atoms with Crippen LogP contribution in [0.15, 0.2) is 60.0 Å². The molecule has 3 aromatic rings. The van der Waals surface area contributed by atoms with Crippen molar-refractivity contribution in [1.29, 1.82) is 5.26 Å². The predicted octanol–water partition coefficient (Wildman–Crippen LogP) is 4.85. The summed E-state index contributed by atoms with van der Waals surface area (Å²) in [4.78, 5) is 16.6. The van der Waals surface area contributed by atoms with Gasteiger partial charge in [-0.3, -0.25) is 9.36 Å². The average molecular weight is 457 g/mol. The van der Waals surface area contributed by atoms with Gasteiger partial charge in [-0.1, -0.05) is 47.6 Å². The zero-order valence-corrected chi connectivity index (χ0v) is 18.9. The Morgan fingerprint density at radius 1 is 1.27 bits per heavy atom. The first kappa shape index (κ1) is 22.3. The third-order valence-electron chi connectivity index (χ3n) is 4.40. The van der Waals surface area contributed by atoms with Crippen LogP contribution in [0.4, 0.5) is 0 Å². The maximum Gasteiger partial charge on any atom is 0.230 e. The summed E-state index contributed by atoms with van der Waals surface area (Å²) in [6.07, 6.45) is 3.59. The lowest BCUT2D eigenvalue weighted by molar-refractivity contribution is -0.118. The monoisotopic (exact) mass is 456 g/mol. The van der Waals surface area contributed by atoms with Crippen molar-refractivity contribution in [2.45, 2.75) is 17.8 Å². The van der Waals surface area contributed by atoms with Gasteiger partial charge in [0, 0.05) is 35.5 Å². The fourth-order valence-electron chi connectivity index (χ4n) is 2.82. The van der Waals surface area contributed by atoms with Gasteiger partial charge in [0.2, 0.25) is 5.91 Å². The molecule has 0 spiro atoms. The molecule has 1 N–H and O–H groups in total. The lowest BCUT2D eigenvalue weighted by Gasteiger charge is -2.11. The molecule has 8 heteroatoms. The van der Waals surface area contributed by atoms with Crippen molar-refractivity contribution < 1.29 is 4.79 Å². The normalized spacial score (nSPS) is 10.6. The smallest absolute Gasteiger partial charge is 0.230 e. The number of carbonyl (C=O) groups excluding carboxylic acids is 1. The van der Waals surface area contributed by atoms with Crippen molar-refractivity contribution in [3.63, 3.8) is 0 Å². The number of nitrogens with one attached hydrogen (secondary N) is 1. The molecule has 0 unspecified atom stereocenters. The van der Waals surface area contributed by atoms with Crippen LogP contribution in [0.5, 0.6) is 0 Å². The maximum atomic E-state index is 12.2. The van der Waals surface area contributed by atoms with Gasteiger partial charge in [0.05, 0.1) is 23.1 Å². The Morgan fingerprint density at radius 3 is 2.93 bits per heavy atom. The van der Waals surface area contributed by atoms with Gasteiger partial charge in [-0.2, -0.15) is 17.0 Å². The second kappa shape index (κ2) is 11.1. The van der Waals surface area contributed by atoms with E-state index in [1.165, 1.54) is 11.8 Å². The van der Waals surface area contributed by atoms with Crippen LogP contribution in [0.25, 0.3) is 5.69 Å². The molecule has 0 saturated carbocycles. The zero-order chi connectivity index (χ0) is 21.3. The van der Waals surface area contributed by atoms with Gasteiger partial charge in [0.15, 0.2) is 5.16 Å². The van der Waals surface area contributed by atoms with E-state index in [0.29, 0.717) is 22.9 Å². The highest BCUT2D eigenvalue weighted by Gasteiger charge is 2.11. The number of thioether (sulfide) groups is 2. The second-order valence-corrected chi connectivity index (χ2v) is 8.88. The third kappa shape index (κ3) is 5.82. The van der Waals surface area contributed by atoms with Crippen molar-refractivity contribution in [3.8, 4) is 11.8 Å². The van der Waals surface area contributed by atoms with Crippen molar-refractivity contribution in [3.05, 3.63) is 76.6 Å². The Labute approximate surface area is 189 Å². The zero-order valence-electron chi connectivity index (χ0n) is 16.5. The molecule has 1 aromatic heterocycles. The number of nitrogens with zero attached hydrogens (tertiary/aromatic N) is 3. The van der Waals surface area contributed by atoms with Crippen LogP contribution < -0.4 is 5.32 Å². The van der Waals surface area contributed by atoms with Crippen LogP contribution in [0.2, 0.25) is 5.02 Å². The molecule has 1 heterocycles. The quantitative estimate of drug-likeness (QED) is 0.368. The molecule has 2 aromatic carbocycles. The number of nitriles is 1. The van der Waals surface area contributed by atoms with Crippen molar-refractivity contribution in [2.24, 2.45) is 0 Å². The molecular formula is C22H21ClN4OS2. The number of halogens is 1. The summed E-state index contributed by atoms with van der Waals surface area (Å²) >= 11 is 9.31. The van der Waals surface area contributed by atoms with Gasteiger partial charge in [-0.05, 0) is 36.2 Å². The van der Waals surface area contributed by atoms with E-state index < -0.39 is 0 Å². The molecule has 3 rings (SSSR count). The molecule has 0 fully saturated rings. The number of rotatable bonds is 9. The Kier molecular flexibility index (Phi) is 8.26. The van der Waals surface area contributed by atoms with Crippen molar-refractivity contribution >= 4 is 41.0 Å². The number of benzene rings is 2. The first-order chi connectivity index (χ1) is 14.6. The summed E-state index contributed by atoms with van der Waals surface area (Å²) in [5.41, 5.74) is 3.65. The van der Waals surface area contributed by atoms with Crippen LogP contribution in [-0.2, 0) is 10.5 Å². The molecule has 0 aliphatic carbocycles. The van der Waals surface area contributed by atoms with E-state index in [0.717, 1.165) is 33.5 Å². The van der Waals surface area contributed by atoms with E-state index in [9.17, 15) is 4.79 Å². The second-order valence-electron chi connectivity index (χ2n) is 6.42. The van der Waals surface area contributed by atoms with E-state index in [-0.39, 0.29) is 5.91 Å². The molecule has 0 radical (unpaired) electrons. The van der Waals surface area contributed by atoms with Crippen LogP contribution >= 0.6 is 35.1 Å². The van der Waals surface area contributed by atoms with E-state index in [4.69, 9.17) is 16.9 Å². The summed E-state index contributed by atoms with van der Waals surface area (Å²) in [7, 11) is 0. The topological polar surface area (TPSA) is 70.7 Å².